The van der Waals surface area contributed by atoms with Crippen molar-refractivity contribution in [3.05, 3.63) is 48.0 Å². The molecular weight excluding hydrogens is 428 g/mol. The molecule has 2 fully saturated rings. The highest BCUT2D eigenvalue weighted by Gasteiger charge is 2.42. The Kier molecular flexibility index (Phi) is 6.44. The van der Waals surface area contributed by atoms with Crippen LogP contribution in [0.15, 0.2) is 47.4 Å². The van der Waals surface area contributed by atoms with Crippen molar-refractivity contribution in [3.63, 3.8) is 0 Å². The van der Waals surface area contributed by atoms with Crippen molar-refractivity contribution in [2.45, 2.75) is 43.5 Å². The quantitative estimate of drug-likeness (QED) is 0.622. The summed E-state index contributed by atoms with van der Waals surface area (Å²) in [6, 6.07) is 11.0. The summed E-state index contributed by atoms with van der Waals surface area (Å²) in [5.41, 5.74) is 0.908. The summed E-state index contributed by atoms with van der Waals surface area (Å²) < 4.78 is 39.0. The van der Waals surface area contributed by atoms with E-state index in [0.29, 0.717) is 34.6 Å². The van der Waals surface area contributed by atoms with Gasteiger partial charge in [-0.2, -0.15) is 0 Å². The van der Waals surface area contributed by atoms with E-state index in [1.54, 1.807) is 30.3 Å². The number of anilines is 1. The first-order chi connectivity index (χ1) is 15.3. The van der Waals surface area contributed by atoms with E-state index in [1.807, 2.05) is 6.92 Å². The van der Waals surface area contributed by atoms with Crippen LogP contribution in [0.2, 0.25) is 0 Å². The van der Waals surface area contributed by atoms with Crippen LogP contribution in [0.4, 0.5) is 5.69 Å². The Morgan fingerprint density at radius 3 is 2.31 bits per heavy atom. The molecule has 2 aromatic carbocycles. The van der Waals surface area contributed by atoms with Gasteiger partial charge in [-0.05, 0) is 86.4 Å². The topological polar surface area (TPSA) is 93.7 Å². The molecule has 0 aliphatic heterocycles. The molecule has 0 saturated heterocycles. The zero-order chi connectivity index (χ0) is 22.9. The van der Waals surface area contributed by atoms with Gasteiger partial charge in [-0.1, -0.05) is 6.42 Å². The molecule has 8 heteroatoms. The molecule has 2 N–H and O–H groups in total. The Morgan fingerprint density at radius 1 is 1.00 bits per heavy atom. The second-order valence-electron chi connectivity index (χ2n) is 8.80. The zero-order valence-corrected chi connectivity index (χ0v) is 19.4. The molecular formula is C24H30N2O5S. The summed E-state index contributed by atoms with van der Waals surface area (Å²) in [5, 5.41) is 2.78. The summed E-state index contributed by atoms with van der Waals surface area (Å²) in [4.78, 5) is 12.8. The summed E-state index contributed by atoms with van der Waals surface area (Å²) in [6.45, 7) is 1.97. The summed E-state index contributed by atoms with van der Waals surface area (Å²) in [7, 11) is -0.588. The molecule has 0 heterocycles. The van der Waals surface area contributed by atoms with Gasteiger partial charge < -0.3 is 14.8 Å². The minimum absolute atomic E-state index is 0.0836. The summed E-state index contributed by atoms with van der Waals surface area (Å²) in [5.74, 6) is 2.49. The lowest BCUT2D eigenvalue weighted by atomic mass is 9.84. The van der Waals surface area contributed by atoms with E-state index >= 15 is 0 Å². The average molecular weight is 459 g/mol. The molecule has 0 aromatic heterocycles. The highest BCUT2D eigenvalue weighted by atomic mass is 32.2. The molecule has 2 saturated carbocycles. The van der Waals surface area contributed by atoms with Gasteiger partial charge in [-0.3, -0.25) is 4.79 Å². The number of methoxy groups -OCH3 is 2. The van der Waals surface area contributed by atoms with Gasteiger partial charge in [0.2, 0.25) is 10.0 Å². The van der Waals surface area contributed by atoms with E-state index in [-0.39, 0.29) is 16.8 Å². The second-order valence-corrected chi connectivity index (χ2v) is 10.5. The van der Waals surface area contributed by atoms with E-state index in [0.717, 1.165) is 12.3 Å². The molecule has 7 nitrogen and oxygen atoms in total. The van der Waals surface area contributed by atoms with Crippen molar-refractivity contribution < 1.29 is 22.7 Å². The maximum atomic E-state index is 12.9. The normalized spacial score (nSPS) is 23.0. The number of amides is 1. The highest BCUT2D eigenvalue weighted by molar-refractivity contribution is 7.89. The molecule has 32 heavy (non-hydrogen) atoms. The summed E-state index contributed by atoms with van der Waals surface area (Å²) in [6.07, 6.45) is 4.87. The van der Waals surface area contributed by atoms with Crippen LogP contribution in [0.3, 0.4) is 0 Å². The van der Waals surface area contributed by atoms with Gasteiger partial charge in [-0.25, -0.2) is 13.1 Å². The Labute approximate surface area is 189 Å². The van der Waals surface area contributed by atoms with Gasteiger partial charge in [0.1, 0.15) is 0 Å². The smallest absolute Gasteiger partial charge is 0.255 e. The Morgan fingerprint density at radius 2 is 1.72 bits per heavy atom. The van der Waals surface area contributed by atoms with Crippen LogP contribution in [0.25, 0.3) is 0 Å². The lowest BCUT2D eigenvalue weighted by Crippen LogP contribution is -2.40. The molecule has 2 aromatic rings. The number of sulfonamides is 1. The number of rotatable bonds is 8. The Hall–Kier alpha value is -2.58. The predicted molar refractivity (Wildman–Crippen MR) is 123 cm³/mol. The SMILES string of the molecule is COc1ccc(C(=O)Nc2ccc(S(=O)(=O)NC(C)C3CC4CCC3C4)cc2)cc1OC. The standard InChI is InChI=1S/C24H30N2O5S/c1-15(21-13-16-4-5-17(21)12-16)26-32(28,29)20-9-7-19(8-10-20)25-24(27)18-6-11-22(30-2)23(14-18)31-3/h6-11,14-17,21,26H,4-5,12-13H2,1-3H3,(H,25,27). The van der Waals surface area contributed by atoms with Crippen LogP contribution in [0.1, 0.15) is 43.0 Å². The number of benzene rings is 2. The summed E-state index contributed by atoms with van der Waals surface area (Å²) >= 11 is 0. The van der Waals surface area contributed by atoms with E-state index in [2.05, 4.69) is 10.0 Å². The monoisotopic (exact) mass is 458 g/mol. The first-order valence-corrected chi connectivity index (χ1v) is 12.4. The molecule has 4 rings (SSSR count). The first kappa shape index (κ1) is 22.6. The van der Waals surface area contributed by atoms with Crippen LogP contribution in [-0.4, -0.2) is 34.6 Å². The number of carbonyl (C=O) groups is 1. The van der Waals surface area contributed by atoms with E-state index in [4.69, 9.17) is 9.47 Å². The fraction of sp³-hybridized carbons (Fsp3) is 0.458. The zero-order valence-electron chi connectivity index (χ0n) is 18.6. The number of ether oxygens (including phenoxy) is 2. The van der Waals surface area contributed by atoms with Crippen LogP contribution < -0.4 is 19.5 Å². The molecule has 2 aliphatic carbocycles. The molecule has 4 unspecified atom stereocenters. The number of carbonyl (C=O) groups excluding carboxylic acids is 1. The third kappa shape index (κ3) is 4.61. The van der Waals surface area contributed by atoms with Crippen molar-refractivity contribution in [2.24, 2.45) is 17.8 Å². The van der Waals surface area contributed by atoms with Crippen LogP contribution in [0, 0.1) is 17.8 Å². The minimum atomic E-state index is -3.62. The fourth-order valence-electron chi connectivity index (χ4n) is 5.20. The van der Waals surface area contributed by atoms with Crippen molar-refractivity contribution >= 4 is 21.6 Å². The highest BCUT2D eigenvalue weighted by Crippen LogP contribution is 2.49. The van der Waals surface area contributed by atoms with Gasteiger partial charge in [0.05, 0.1) is 19.1 Å². The third-order valence-corrected chi connectivity index (χ3v) is 8.42. The lowest BCUT2D eigenvalue weighted by molar-refractivity contribution is 0.102. The number of nitrogens with one attached hydrogen (secondary N) is 2. The number of hydrogen-bond donors (Lipinski definition) is 2. The van der Waals surface area contributed by atoms with Crippen LogP contribution in [-0.2, 0) is 10.0 Å². The Balaban J connectivity index is 1.40. The maximum absolute atomic E-state index is 12.9. The predicted octanol–water partition coefficient (Wildman–Crippen LogP) is 4.06. The van der Waals surface area contributed by atoms with E-state index < -0.39 is 10.0 Å². The van der Waals surface area contributed by atoms with Gasteiger partial charge in [0.25, 0.3) is 5.91 Å². The van der Waals surface area contributed by atoms with Crippen molar-refractivity contribution in [1.82, 2.24) is 4.72 Å². The first-order valence-electron chi connectivity index (χ1n) is 11.0. The van der Waals surface area contributed by atoms with Gasteiger partial charge in [0.15, 0.2) is 11.5 Å². The lowest BCUT2D eigenvalue weighted by Gasteiger charge is -2.28. The van der Waals surface area contributed by atoms with Crippen molar-refractivity contribution in [2.75, 3.05) is 19.5 Å². The third-order valence-electron chi connectivity index (χ3n) is 6.84. The van der Waals surface area contributed by atoms with E-state index in [9.17, 15) is 13.2 Å². The maximum Gasteiger partial charge on any atom is 0.255 e. The fourth-order valence-corrected chi connectivity index (χ4v) is 6.50. The molecule has 2 aliphatic rings. The van der Waals surface area contributed by atoms with Crippen LogP contribution >= 0.6 is 0 Å². The molecule has 1 amide bonds. The van der Waals surface area contributed by atoms with Gasteiger partial charge >= 0.3 is 0 Å². The molecule has 172 valence electrons. The molecule has 0 spiro atoms. The number of hydrogen-bond acceptors (Lipinski definition) is 5. The largest absolute Gasteiger partial charge is 0.493 e. The molecule has 0 radical (unpaired) electrons. The molecule has 2 bridgehead atoms. The van der Waals surface area contributed by atoms with Crippen molar-refractivity contribution in [1.29, 1.82) is 0 Å². The van der Waals surface area contributed by atoms with Gasteiger partial charge in [0, 0.05) is 17.3 Å². The minimum Gasteiger partial charge on any atom is -0.493 e. The average Bonchev–Trinajstić information content (AvgIpc) is 3.42. The number of fused-ring (bicyclic) bond motifs is 2. The van der Waals surface area contributed by atoms with Gasteiger partial charge in [-0.15, -0.1) is 0 Å². The van der Waals surface area contributed by atoms with E-state index in [1.165, 1.54) is 45.6 Å². The second kappa shape index (κ2) is 9.11. The Bertz CT molecular complexity index is 1080. The van der Waals surface area contributed by atoms with Crippen molar-refractivity contribution in [3.8, 4) is 11.5 Å². The van der Waals surface area contributed by atoms with Crippen LogP contribution in [0.5, 0.6) is 11.5 Å². The molecule has 4 atom stereocenters.